The van der Waals surface area contributed by atoms with Gasteiger partial charge in [-0.05, 0) is 18.1 Å². The van der Waals surface area contributed by atoms with Crippen molar-refractivity contribution >= 4 is 16.8 Å². The molecular weight excluding hydrogens is 224 g/mol. The Kier molecular flexibility index (Phi) is 4.03. The number of aromatic nitrogens is 2. The van der Waals surface area contributed by atoms with Crippen molar-refractivity contribution in [2.45, 2.75) is 33.1 Å². The van der Waals surface area contributed by atoms with E-state index in [0.717, 1.165) is 23.9 Å². The first-order chi connectivity index (χ1) is 8.76. The summed E-state index contributed by atoms with van der Waals surface area (Å²) in [7, 11) is 0. The van der Waals surface area contributed by atoms with Crippen molar-refractivity contribution in [1.82, 2.24) is 9.97 Å². The maximum absolute atomic E-state index is 12.3. The zero-order valence-corrected chi connectivity index (χ0v) is 10.9. The van der Waals surface area contributed by atoms with E-state index in [-0.39, 0.29) is 5.78 Å². The van der Waals surface area contributed by atoms with Gasteiger partial charge in [0.25, 0.3) is 0 Å². The lowest BCUT2D eigenvalue weighted by molar-refractivity contribution is 0.0960. The quantitative estimate of drug-likeness (QED) is 0.752. The number of hydrogen-bond donors (Lipinski definition) is 0. The second kappa shape index (κ2) is 5.71. The third-order valence-corrected chi connectivity index (χ3v) is 3.43. The summed E-state index contributed by atoms with van der Waals surface area (Å²) in [4.78, 5) is 20.8. The molecule has 0 aliphatic rings. The zero-order valence-electron chi connectivity index (χ0n) is 10.9. The van der Waals surface area contributed by atoms with E-state index in [1.807, 2.05) is 18.2 Å². The van der Waals surface area contributed by atoms with E-state index in [4.69, 9.17) is 0 Å². The normalized spacial score (nSPS) is 11.1. The molecule has 1 heterocycles. The monoisotopic (exact) mass is 242 g/mol. The Morgan fingerprint density at radius 1 is 1.17 bits per heavy atom. The number of carbonyl (C=O) groups is 1. The molecule has 0 aliphatic carbocycles. The van der Waals surface area contributed by atoms with Crippen molar-refractivity contribution in [3.63, 3.8) is 0 Å². The van der Waals surface area contributed by atoms with E-state index in [9.17, 15) is 4.79 Å². The molecule has 0 unspecified atom stereocenters. The van der Waals surface area contributed by atoms with Crippen LogP contribution in [-0.4, -0.2) is 15.8 Å². The molecule has 0 saturated heterocycles. The summed E-state index contributed by atoms with van der Waals surface area (Å²) in [5.74, 6) is 0.638. The maximum Gasteiger partial charge on any atom is 0.165 e. The lowest BCUT2D eigenvalue weighted by Crippen LogP contribution is -2.08. The number of ketones is 1. The first-order valence-corrected chi connectivity index (χ1v) is 6.49. The van der Waals surface area contributed by atoms with Gasteiger partial charge in [0, 0.05) is 24.4 Å². The molecule has 0 amide bonds. The van der Waals surface area contributed by atoms with E-state index >= 15 is 0 Å². The number of Topliss-reactive ketones (excluding diaryl/α,β-unsaturated/α-hetero) is 1. The van der Waals surface area contributed by atoms with Gasteiger partial charge in [-0.3, -0.25) is 14.8 Å². The Morgan fingerprint density at radius 2 is 1.89 bits per heavy atom. The SMILES string of the molecule is CCC(CC)CC(=O)c1cccc2nccnc12. The first kappa shape index (κ1) is 12.7. The minimum Gasteiger partial charge on any atom is -0.294 e. The number of benzene rings is 1. The van der Waals surface area contributed by atoms with Crippen molar-refractivity contribution in [2.75, 3.05) is 0 Å². The Bertz CT molecular complexity index is 542. The highest BCUT2D eigenvalue weighted by Gasteiger charge is 2.15. The molecule has 0 fully saturated rings. The van der Waals surface area contributed by atoms with Crippen molar-refractivity contribution in [3.05, 3.63) is 36.2 Å². The molecule has 3 nitrogen and oxygen atoms in total. The highest BCUT2D eigenvalue weighted by atomic mass is 16.1. The van der Waals surface area contributed by atoms with Crippen LogP contribution in [0, 0.1) is 5.92 Å². The molecule has 0 aliphatic heterocycles. The molecule has 2 rings (SSSR count). The van der Waals surface area contributed by atoms with Gasteiger partial charge >= 0.3 is 0 Å². The van der Waals surface area contributed by atoms with Gasteiger partial charge in [-0.15, -0.1) is 0 Å². The van der Waals surface area contributed by atoms with Crippen LogP contribution in [0.4, 0.5) is 0 Å². The highest BCUT2D eigenvalue weighted by molar-refractivity contribution is 6.05. The van der Waals surface area contributed by atoms with Crippen LogP contribution < -0.4 is 0 Å². The van der Waals surface area contributed by atoms with Gasteiger partial charge in [-0.2, -0.15) is 0 Å². The topological polar surface area (TPSA) is 42.9 Å². The molecule has 0 radical (unpaired) electrons. The van der Waals surface area contributed by atoms with Crippen LogP contribution in [0.1, 0.15) is 43.5 Å². The van der Waals surface area contributed by atoms with E-state index in [1.54, 1.807) is 12.4 Å². The van der Waals surface area contributed by atoms with Crippen molar-refractivity contribution in [3.8, 4) is 0 Å². The lowest BCUT2D eigenvalue weighted by Gasteiger charge is -2.11. The maximum atomic E-state index is 12.3. The molecule has 0 N–H and O–H groups in total. The first-order valence-electron chi connectivity index (χ1n) is 6.49. The van der Waals surface area contributed by atoms with Crippen molar-refractivity contribution in [2.24, 2.45) is 5.92 Å². The molecule has 0 saturated carbocycles. The van der Waals surface area contributed by atoms with Gasteiger partial charge < -0.3 is 0 Å². The van der Waals surface area contributed by atoms with Crippen molar-refractivity contribution < 1.29 is 4.79 Å². The van der Waals surface area contributed by atoms with E-state index in [1.165, 1.54) is 0 Å². The fourth-order valence-electron chi connectivity index (χ4n) is 2.17. The predicted octanol–water partition coefficient (Wildman–Crippen LogP) is 3.64. The lowest BCUT2D eigenvalue weighted by atomic mass is 9.93. The van der Waals surface area contributed by atoms with Crippen LogP contribution in [0.3, 0.4) is 0 Å². The predicted molar refractivity (Wildman–Crippen MR) is 72.6 cm³/mol. The van der Waals surface area contributed by atoms with Crippen LogP contribution in [0.15, 0.2) is 30.6 Å². The summed E-state index contributed by atoms with van der Waals surface area (Å²) in [5.41, 5.74) is 2.20. The minimum absolute atomic E-state index is 0.176. The van der Waals surface area contributed by atoms with Gasteiger partial charge in [0.2, 0.25) is 0 Å². The molecule has 0 spiro atoms. The standard InChI is InChI=1S/C15H18N2O/c1-3-11(4-2)10-14(18)12-6-5-7-13-15(12)17-9-8-16-13/h5-9,11H,3-4,10H2,1-2H3. The number of fused-ring (bicyclic) bond motifs is 1. The molecule has 0 bridgehead atoms. The third-order valence-electron chi connectivity index (χ3n) is 3.43. The number of nitrogens with zero attached hydrogens (tertiary/aromatic N) is 2. The van der Waals surface area contributed by atoms with E-state index < -0.39 is 0 Å². The van der Waals surface area contributed by atoms with Crippen molar-refractivity contribution in [1.29, 1.82) is 0 Å². The van der Waals surface area contributed by atoms with E-state index in [2.05, 4.69) is 23.8 Å². The van der Waals surface area contributed by atoms with Gasteiger partial charge in [0.15, 0.2) is 5.78 Å². The summed E-state index contributed by atoms with van der Waals surface area (Å²) in [6.45, 7) is 4.26. The summed E-state index contributed by atoms with van der Waals surface area (Å²) < 4.78 is 0. The number of hydrogen-bond acceptors (Lipinski definition) is 3. The average molecular weight is 242 g/mol. The Hall–Kier alpha value is -1.77. The molecule has 2 aromatic rings. The second-order valence-electron chi connectivity index (χ2n) is 4.54. The fourth-order valence-corrected chi connectivity index (χ4v) is 2.17. The van der Waals surface area contributed by atoms with Crippen LogP contribution in [0.5, 0.6) is 0 Å². The average Bonchev–Trinajstić information content (AvgIpc) is 2.43. The van der Waals surface area contributed by atoms with Gasteiger partial charge in [0.05, 0.1) is 11.0 Å². The molecule has 0 atom stereocenters. The molecule has 1 aromatic carbocycles. The Labute approximate surface area is 107 Å². The van der Waals surface area contributed by atoms with E-state index in [0.29, 0.717) is 17.9 Å². The highest BCUT2D eigenvalue weighted by Crippen LogP contribution is 2.20. The third kappa shape index (κ3) is 2.55. The summed E-state index contributed by atoms with van der Waals surface area (Å²) in [5, 5.41) is 0. The van der Waals surface area contributed by atoms with Gasteiger partial charge in [0.1, 0.15) is 0 Å². The van der Waals surface area contributed by atoms with Crippen LogP contribution in [-0.2, 0) is 0 Å². The largest absolute Gasteiger partial charge is 0.294 e. The number of para-hydroxylation sites is 1. The zero-order chi connectivity index (χ0) is 13.0. The number of carbonyl (C=O) groups excluding carboxylic acids is 1. The Morgan fingerprint density at radius 3 is 2.61 bits per heavy atom. The number of rotatable bonds is 5. The summed E-state index contributed by atoms with van der Waals surface area (Å²) in [6, 6.07) is 5.61. The van der Waals surface area contributed by atoms with Crippen LogP contribution in [0.25, 0.3) is 11.0 Å². The van der Waals surface area contributed by atoms with Gasteiger partial charge in [-0.1, -0.05) is 32.8 Å². The Balaban J connectivity index is 2.33. The van der Waals surface area contributed by atoms with Crippen LogP contribution >= 0.6 is 0 Å². The smallest absolute Gasteiger partial charge is 0.165 e. The molecule has 3 heteroatoms. The molecule has 94 valence electrons. The second-order valence-corrected chi connectivity index (χ2v) is 4.54. The fraction of sp³-hybridized carbons (Fsp3) is 0.400. The minimum atomic E-state index is 0.176. The molecule has 1 aromatic heterocycles. The summed E-state index contributed by atoms with van der Waals surface area (Å²) >= 11 is 0. The molecule has 18 heavy (non-hydrogen) atoms. The summed E-state index contributed by atoms with van der Waals surface area (Å²) in [6.07, 6.45) is 5.97. The van der Waals surface area contributed by atoms with Gasteiger partial charge in [-0.25, -0.2) is 0 Å². The van der Waals surface area contributed by atoms with Crippen LogP contribution in [0.2, 0.25) is 0 Å². The molecular formula is C15H18N2O.